The number of piperidine rings is 1. The van der Waals surface area contributed by atoms with E-state index in [1.165, 1.54) is 4.90 Å². The number of fused-ring (bicyclic) bond motifs is 1. The molecule has 1 atom stereocenters. The minimum absolute atomic E-state index is 0.198. The molecular weight excluding hydrogens is 358 g/mol. The molecule has 3 rings (SSSR count). The summed E-state index contributed by atoms with van der Waals surface area (Å²) >= 11 is 0. The molecule has 0 aliphatic carbocycles. The molecule has 9 heteroatoms. The van der Waals surface area contributed by atoms with Crippen LogP contribution in [0.2, 0.25) is 0 Å². The van der Waals surface area contributed by atoms with Crippen LogP contribution in [0, 0.1) is 0 Å². The van der Waals surface area contributed by atoms with E-state index in [4.69, 9.17) is 5.73 Å². The van der Waals surface area contributed by atoms with Crippen LogP contribution >= 0.6 is 0 Å². The molecule has 1 aromatic carbocycles. The summed E-state index contributed by atoms with van der Waals surface area (Å²) in [6.07, 6.45) is -1.96. The van der Waals surface area contributed by atoms with Crippen LogP contribution in [0.15, 0.2) is 18.2 Å². The number of hydrogen-bond acceptors (Lipinski definition) is 5. The number of alkyl halides is 2. The average molecular weight is 380 g/mol. The maximum atomic E-state index is 12.8. The van der Waals surface area contributed by atoms with Gasteiger partial charge in [-0.25, -0.2) is 8.78 Å². The number of hydrogen-bond donors (Lipinski definition) is 2. The average Bonchev–Trinajstić information content (AvgIpc) is 2.91. The number of carbonyl (C=O) groups is 3. The highest BCUT2D eigenvalue weighted by Gasteiger charge is 2.39. The van der Waals surface area contributed by atoms with Crippen LogP contribution < -0.4 is 11.1 Å². The molecule has 3 amide bonds. The molecule has 0 bridgehead atoms. The zero-order chi connectivity index (χ0) is 19.6. The largest absolute Gasteiger partial charge is 0.329 e. The van der Waals surface area contributed by atoms with E-state index in [9.17, 15) is 23.2 Å². The van der Waals surface area contributed by atoms with Crippen molar-refractivity contribution in [2.75, 3.05) is 19.6 Å². The van der Waals surface area contributed by atoms with Gasteiger partial charge in [0.2, 0.25) is 11.8 Å². The zero-order valence-corrected chi connectivity index (χ0v) is 14.8. The summed E-state index contributed by atoms with van der Waals surface area (Å²) in [4.78, 5) is 39.2. The van der Waals surface area contributed by atoms with Crippen molar-refractivity contribution in [3.63, 3.8) is 0 Å². The van der Waals surface area contributed by atoms with E-state index >= 15 is 0 Å². The second-order valence-corrected chi connectivity index (χ2v) is 6.81. The van der Waals surface area contributed by atoms with Crippen molar-refractivity contribution in [1.82, 2.24) is 15.1 Å². The first-order valence-corrected chi connectivity index (χ1v) is 8.86. The lowest BCUT2D eigenvalue weighted by molar-refractivity contribution is -0.136. The van der Waals surface area contributed by atoms with E-state index < -0.39 is 18.4 Å². The highest BCUT2D eigenvalue weighted by atomic mass is 19.3. The molecule has 27 heavy (non-hydrogen) atoms. The predicted octanol–water partition coefficient (Wildman–Crippen LogP) is 0.473. The first kappa shape index (κ1) is 19.4. The standard InChI is InChI=1S/C18H22F2N4O3/c19-15(20)10-23(6-5-21)8-11-1-2-12-9-24(18(27)13(12)7-11)14-3-4-16(25)22-17(14)26/h1-2,7,14-15H,3-6,8-10,21H2,(H,22,25,26). The number of imide groups is 1. The van der Waals surface area contributed by atoms with Gasteiger partial charge in [0, 0.05) is 38.2 Å². The fourth-order valence-electron chi connectivity index (χ4n) is 3.57. The molecule has 2 heterocycles. The molecule has 146 valence electrons. The predicted molar refractivity (Wildman–Crippen MR) is 92.8 cm³/mol. The number of benzene rings is 1. The van der Waals surface area contributed by atoms with Gasteiger partial charge < -0.3 is 10.6 Å². The van der Waals surface area contributed by atoms with Gasteiger partial charge in [-0.1, -0.05) is 12.1 Å². The van der Waals surface area contributed by atoms with Gasteiger partial charge in [-0.3, -0.25) is 24.6 Å². The molecule has 0 radical (unpaired) electrons. The number of nitrogens with zero attached hydrogens (tertiary/aromatic N) is 2. The van der Waals surface area contributed by atoms with E-state index in [0.29, 0.717) is 25.1 Å². The molecule has 1 aromatic rings. The normalized spacial score (nSPS) is 19.8. The van der Waals surface area contributed by atoms with Crippen LogP contribution in [0.1, 0.15) is 34.3 Å². The van der Waals surface area contributed by atoms with Crippen molar-refractivity contribution >= 4 is 17.7 Å². The Morgan fingerprint density at radius 3 is 2.74 bits per heavy atom. The molecule has 2 aliphatic heterocycles. The minimum atomic E-state index is -2.46. The van der Waals surface area contributed by atoms with E-state index in [1.54, 1.807) is 23.1 Å². The molecule has 0 spiro atoms. The Labute approximate surface area is 155 Å². The summed E-state index contributed by atoms with van der Waals surface area (Å²) in [6.45, 7) is 0.771. The summed E-state index contributed by atoms with van der Waals surface area (Å²) in [5, 5.41) is 2.26. The third-order valence-electron chi connectivity index (χ3n) is 4.84. The Balaban J connectivity index is 1.74. The Morgan fingerprint density at radius 2 is 2.07 bits per heavy atom. The number of rotatable bonds is 7. The van der Waals surface area contributed by atoms with Crippen molar-refractivity contribution in [1.29, 1.82) is 0 Å². The Bertz CT molecular complexity index is 756. The van der Waals surface area contributed by atoms with E-state index in [1.807, 2.05) is 0 Å². The van der Waals surface area contributed by atoms with Crippen LogP contribution in [-0.2, 0) is 22.7 Å². The van der Waals surface area contributed by atoms with E-state index in [0.717, 1.165) is 11.1 Å². The maximum absolute atomic E-state index is 12.8. The first-order chi connectivity index (χ1) is 12.9. The highest BCUT2D eigenvalue weighted by molar-refractivity contribution is 6.05. The van der Waals surface area contributed by atoms with E-state index in [2.05, 4.69) is 5.32 Å². The van der Waals surface area contributed by atoms with Crippen LogP contribution in [0.5, 0.6) is 0 Å². The van der Waals surface area contributed by atoms with Gasteiger partial charge in [0.15, 0.2) is 0 Å². The van der Waals surface area contributed by atoms with Crippen LogP contribution in [0.3, 0.4) is 0 Å². The lowest BCUT2D eigenvalue weighted by atomic mass is 10.0. The smallest absolute Gasteiger partial charge is 0.255 e. The van der Waals surface area contributed by atoms with Crippen molar-refractivity contribution in [3.05, 3.63) is 34.9 Å². The SMILES string of the molecule is NCCN(Cc1ccc2c(c1)C(=O)N(C1CCC(=O)NC1=O)C2)CC(F)F. The maximum Gasteiger partial charge on any atom is 0.255 e. The zero-order valence-electron chi connectivity index (χ0n) is 14.8. The van der Waals surface area contributed by atoms with Crippen LogP contribution in [0.25, 0.3) is 0 Å². The fourth-order valence-corrected chi connectivity index (χ4v) is 3.57. The van der Waals surface area contributed by atoms with Crippen molar-refractivity contribution < 1.29 is 23.2 Å². The second kappa shape index (κ2) is 8.10. The molecule has 3 N–H and O–H groups in total. The Morgan fingerprint density at radius 1 is 1.30 bits per heavy atom. The van der Waals surface area contributed by atoms with Gasteiger partial charge in [-0.2, -0.15) is 0 Å². The molecular formula is C18H22F2N4O3. The molecule has 1 saturated heterocycles. The quantitative estimate of drug-likeness (QED) is 0.671. The molecule has 1 unspecified atom stereocenters. The topological polar surface area (TPSA) is 95.7 Å². The summed E-state index contributed by atoms with van der Waals surface area (Å²) in [7, 11) is 0. The summed E-state index contributed by atoms with van der Waals surface area (Å²) < 4.78 is 25.4. The number of nitrogens with one attached hydrogen (secondary N) is 1. The second-order valence-electron chi connectivity index (χ2n) is 6.81. The molecule has 0 aromatic heterocycles. The summed E-state index contributed by atoms with van der Waals surface area (Å²) in [6, 6.07) is 4.61. The van der Waals surface area contributed by atoms with Gasteiger partial charge in [-0.05, 0) is 23.6 Å². The van der Waals surface area contributed by atoms with Crippen LogP contribution in [-0.4, -0.2) is 59.6 Å². The number of nitrogens with two attached hydrogens (primary N) is 1. The number of carbonyl (C=O) groups excluding carboxylic acids is 3. The number of halogens is 2. The van der Waals surface area contributed by atoms with Gasteiger partial charge in [-0.15, -0.1) is 0 Å². The minimum Gasteiger partial charge on any atom is -0.329 e. The van der Waals surface area contributed by atoms with Crippen molar-refractivity contribution in [3.8, 4) is 0 Å². The molecule has 7 nitrogen and oxygen atoms in total. The Hall–Kier alpha value is -2.39. The molecule has 0 saturated carbocycles. The van der Waals surface area contributed by atoms with Crippen molar-refractivity contribution in [2.45, 2.75) is 38.4 Å². The van der Waals surface area contributed by atoms with Gasteiger partial charge in [0.25, 0.3) is 12.3 Å². The summed E-state index contributed by atoms with van der Waals surface area (Å²) in [5.74, 6) is -1.07. The lowest BCUT2D eigenvalue weighted by Gasteiger charge is -2.29. The third kappa shape index (κ3) is 4.30. The molecule has 2 aliphatic rings. The number of amides is 3. The first-order valence-electron chi connectivity index (χ1n) is 8.86. The lowest BCUT2D eigenvalue weighted by Crippen LogP contribution is -2.52. The van der Waals surface area contributed by atoms with Gasteiger partial charge in [0.1, 0.15) is 6.04 Å². The highest BCUT2D eigenvalue weighted by Crippen LogP contribution is 2.28. The summed E-state index contributed by atoms with van der Waals surface area (Å²) in [5.41, 5.74) is 7.48. The van der Waals surface area contributed by atoms with Crippen LogP contribution in [0.4, 0.5) is 8.78 Å². The fraction of sp³-hybridized carbons (Fsp3) is 0.500. The Kier molecular flexibility index (Phi) is 5.81. The monoisotopic (exact) mass is 380 g/mol. The van der Waals surface area contributed by atoms with Gasteiger partial charge in [0.05, 0.1) is 6.54 Å². The van der Waals surface area contributed by atoms with Gasteiger partial charge >= 0.3 is 0 Å². The van der Waals surface area contributed by atoms with E-state index in [-0.39, 0.29) is 37.9 Å². The third-order valence-corrected chi connectivity index (χ3v) is 4.84. The molecule has 1 fully saturated rings. The van der Waals surface area contributed by atoms with Crippen molar-refractivity contribution in [2.24, 2.45) is 5.73 Å².